The molecule has 1 aromatic heterocycles. The summed E-state index contributed by atoms with van der Waals surface area (Å²) < 4.78 is 5.13. The SMILES string of the molecule is COCCNc1c(O)ccc2c1CC1(CCCC1)c1c(N)ncnc1-2. The van der Waals surface area contributed by atoms with Gasteiger partial charge in [0.15, 0.2) is 0 Å². The van der Waals surface area contributed by atoms with E-state index >= 15 is 0 Å². The molecule has 6 nitrogen and oxygen atoms in total. The van der Waals surface area contributed by atoms with Crippen molar-refractivity contribution in [2.75, 3.05) is 31.3 Å². The van der Waals surface area contributed by atoms with Crippen molar-refractivity contribution in [2.24, 2.45) is 0 Å². The molecule has 0 radical (unpaired) electrons. The topological polar surface area (TPSA) is 93.3 Å². The number of aromatic hydroxyl groups is 1. The van der Waals surface area contributed by atoms with Crippen LogP contribution in [0.15, 0.2) is 18.5 Å². The summed E-state index contributed by atoms with van der Waals surface area (Å²) in [7, 11) is 1.67. The van der Waals surface area contributed by atoms with Crippen LogP contribution in [0.5, 0.6) is 5.75 Å². The Morgan fingerprint density at radius 2 is 2.08 bits per heavy atom. The van der Waals surface area contributed by atoms with Crippen LogP contribution >= 0.6 is 0 Å². The van der Waals surface area contributed by atoms with E-state index in [2.05, 4.69) is 15.3 Å². The minimum Gasteiger partial charge on any atom is -0.506 e. The van der Waals surface area contributed by atoms with E-state index in [0.29, 0.717) is 19.0 Å². The van der Waals surface area contributed by atoms with Gasteiger partial charge >= 0.3 is 0 Å². The smallest absolute Gasteiger partial charge is 0.139 e. The van der Waals surface area contributed by atoms with Crippen molar-refractivity contribution in [3.05, 3.63) is 29.6 Å². The number of benzene rings is 1. The number of phenols is 1. The maximum Gasteiger partial charge on any atom is 0.139 e. The molecule has 6 heteroatoms. The van der Waals surface area contributed by atoms with Gasteiger partial charge in [0, 0.05) is 30.2 Å². The number of methoxy groups -OCH3 is 1. The number of fused-ring (bicyclic) bond motifs is 4. The van der Waals surface area contributed by atoms with E-state index in [-0.39, 0.29) is 11.2 Å². The Bertz CT molecular complexity index is 800. The summed E-state index contributed by atoms with van der Waals surface area (Å²) in [6.45, 7) is 1.23. The first-order valence-electron chi connectivity index (χ1n) is 8.85. The van der Waals surface area contributed by atoms with Crippen molar-refractivity contribution in [3.8, 4) is 17.0 Å². The number of nitrogens with zero attached hydrogens (tertiary/aromatic N) is 2. The molecule has 1 aromatic carbocycles. The molecule has 1 fully saturated rings. The van der Waals surface area contributed by atoms with Crippen LogP contribution in [0.1, 0.15) is 36.8 Å². The number of phenolic OH excluding ortho intramolecular Hbond substituents is 1. The number of hydrogen-bond acceptors (Lipinski definition) is 6. The molecule has 1 saturated carbocycles. The number of hydrogen-bond donors (Lipinski definition) is 3. The lowest BCUT2D eigenvalue weighted by Crippen LogP contribution is -2.32. The van der Waals surface area contributed by atoms with E-state index in [9.17, 15) is 5.11 Å². The van der Waals surface area contributed by atoms with Crippen molar-refractivity contribution in [1.29, 1.82) is 0 Å². The number of ether oxygens (including phenoxy) is 1. The number of aromatic nitrogens is 2. The Hall–Kier alpha value is -2.34. The molecule has 0 unspecified atom stereocenters. The molecule has 4 N–H and O–H groups in total. The van der Waals surface area contributed by atoms with Gasteiger partial charge in [-0.15, -0.1) is 0 Å². The molecule has 2 aliphatic rings. The molecular formula is C19H24N4O2. The largest absolute Gasteiger partial charge is 0.506 e. The van der Waals surface area contributed by atoms with Crippen LogP contribution in [-0.4, -0.2) is 35.3 Å². The van der Waals surface area contributed by atoms with Gasteiger partial charge in [0.25, 0.3) is 0 Å². The maximum absolute atomic E-state index is 10.4. The van der Waals surface area contributed by atoms with Gasteiger partial charge in [0.05, 0.1) is 18.0 Å². The molecule has 25 heavy (non-hydrogen) atoms. The summed E-state index contributed by atoms with van der Waals surface area (Å²) in [4.78, 5) is 8.85. The van der Waals surface area contributed by atoms with Crippen molar-refractivity contribution in [1.82, 2.24) is 9.97 Å². The predicted octanol–water partition coefficient (Wildman–Crippen LogP) is 2.86. The lowest BCUT2D eigenvalue weighted by molar-refractivity contribution is 0.210. The third-order valence-electron chi connectivity index (χ3n) is 5.64. The molecule has 4 rings (SSSR count). The van der Waals surface area contributed by atoms with Crippen LogP contribution in [0.25, 0.3) is 11.3 Å². The Labute approximate surface area is 147 Å². The summed E-state index contributed by atoms with van der Waals surface area (Å²) >= 11 is 0. The number of nitrogen functional groups attached to an aromatic ring is 1. The number of nitrogens with two attached hydrogens (primary N) is 1. The Morgan fingerprint density at radius 1 is 1.28 bits per heavy atom. The van der Waals surface area contributed by atoms with Crippen LogP contribution in [-0.2, 0) is 16.6 Å². The number of anilines is 2. The first-order chi connectivity index (χ1) is 12.2. The monoisotopic (exact) mass is 340 g/mol. The van der Waals surface area contributed by atoms with E-state index in [1.807, 2.05) is 6.07 Å². The highest BCUT2D eigenvalue weighted by Crippen LogP contribution is 2.54. The van der Waals surface area contributed by atoms with Gasteiger partial charge in [0.1, 0.15) is 17.9 Å². The van der Waals surface area contributed by atoms with Crippen molar-refractivity contribution in [3.63, 3.8) is 0 Å². The van der Waals surface area contributed by atoms with E-state index in [0.717, 1.165) is 47.3 Å². The first-order valence-corrected chi connectivity index (χ1v) is 8.85. The van der Waals surface area contributed by atoms with Gasteiger partial charge in [-0.3, -0.25) is 0 Å². The lowest BCUT2D eigenvalue weighted by Gasteiger charge is -2.37. The van der Waals surface area contributed by atoms with Crippen molar-refractivity contribution >= 4 is 11.5 Å². The minimum atomic E-state index is -0.0147. The van der Waals surface area contributed by atoms with Gasteiger partial charge in [-0.05, 0) is 37.0 Å². The Kier molecular flexibility index (Phi) is 4.00. The quantitative estimate of drug-likeness (QED) is 0.585. The van der Waals surface area contributed by atoms with E-state index in [4.69, 9.17) is 10.5 Å². The molecule has 0 amide bonds. The fourth-order valence-corrected chi connectivity index (χ4v) is 4.55. The average Bonchev–Trinajstić information content (AvgIpc) is 3.06. The lowest BCUT2D eigenvalue weighted by atomic mass is 9.68. The van der Waals surface area contributed by atoms with Gasteiger partial charge in [0.2, 0.25) is 0 Å². The highest BCUT2D eigenvalue weighted by Gasteiger charge is 2.44. The second-order valence-electron chi connectivity index (χ2n) is 7.05. The first kappa shape index (κ1) is 16.1. The van der Waals surface area contributed by atoms with Crippen LogP contribution in [0, 0.1) is 0 Å². The van der Waals surface area contributed by atoms with Gasteiger partial charge in [-0.25, -0.2) is 9.97 Å². The third kappa shape index (κ3) is 2.52. The maximum atomic E-state index is 10.4. The Balaban J connectivity index is 1.89. The number of nitrogens with one attached hydrogen (secondary N) is 1. The van der Waals surface area contributed by atoms with Crippen LogP contribution in [0.3, 0.4) is 0 Å². The predicted molar refractivity (Wildman–Crippen MR) is 97.8 cm³/mol. The summed E-state index contributed by atoms with van der Waals surface area (Å²) in [5.74, 6) is 0.869. The molecule has 0 saturated heterocycles. The van der Waals surface area contributed by atoms with E-state index in [1.54, 1.807) is 13.2 Å². The van der Waals surface area contributed by atoms with Crippen LogP contribution in [0.4, 0.5) is 11.5 Å². The van der Waals surface area contributed by atoms with Gasteiger partial charge in [-0.2, -0.15) is 0 Å². The highest BCUT2D eigenvalue weighted by molar-refractivity contribution is 5.82. The highest BCUT2D eigenvalue weighted by atomic mass is 16.5. The molecule has 1 spiro atoms. The summed E-state index contributed by atoms with van der Waals surface area (Å²) in [6, 6.07) is 3.67. The minimum absolute atomic E-state index is 0.0147. The second-order valence-corrected chi connectivity index (χ2v) is 7.05. The summed E-state index contributed by atoms with van der Waals surface area (Å²) in [5, 5.41) is 13.8. The third-order valence-corrected chi connectivity index (χ3v) is 5.64. The molecule has 1 heterocycles. The molecule has 0 bridgehead atoms. The van der Waals surface area contributed by atoms with Crippen molar-refractivity contribution < 1.29 is 9.84 Å². The Morgan fingerprint density at radius 3 is 2.84 bits per heavy atom. The second kappa shape index (κ2) is 6.19. The zero-order chi connectivity index (χ0) is 17.4. The van der Waals surface area contributed by atoms with Crippen molar-refractivity contribution in [2.45, 2.75) is 37.5 Å². The van der Waals surface area contributed by atoms with E-state index < -0.39 is 0 Å². The van der Waals surface area contributed by atoms with E-state index in [1.165, 1.54) is 19.2 Å². The van der Waals surface area contributed by atoms with Gasteiger partial charge in [-0.1, -0.05) is 12.8 Å². The summed E-state index contributed by atoms with van der Waals surface area (Å²) in [5.41, 5.74) is 11.3. The molecule has 132 valence electrons. The number of rotatable bonds is 4. The fraction of sp³-hybridized carbons (Fsp3) is 0.474. The van der Waals surface area contributed by atoms with Gasteiger partial charge < -0.3 is 20.9 Å². The standard InChI is InChI=1S/C19H24N4O2/c1-25-9-8-21-16-13-10-19(6-2-3-7-19)15-17(22-11-23-18(15)20)12(13)4-5-14(16)24/h4-5,11,21,24H,2-3,6-10H2,1H3,(H2,20,22,23). The normalized spacial score (nSPS) is 17.3. The zero-order valence-corrected chi connectivity index (χ0v) is 14.5. The molecular weight excluding hydrogens is 316 g/mol. The molecule has 2 aromatic rings. The zero-order valence-electron chi connectivity index (χ0n) is 14.5. The molecule has 2 aliphatic carbocycles. The molecule has 0 atom stereocenters. The van der Waals surface area contributed by atoms with Crippen LogP contribution in [0.2, 0.25) is 0 Å². The fourth-order valence-electron chi connectivity index (χ4n) is 4.55. The molecule has 0 aliphatic heterocycles. The average molecular weight is 340 g/mol. The van der Waals surface area contributed by atoms with Crippen LogP contribution < -0.4 is 11.1 Å². The summed E-state index contributed by atoms with van der Waals surface area (Å²) in [6.07, 6.45) is 6.95.